The van der Waals surface area contributed by atoms with Crippen molar-refractivity contribution >= 4 is 23.2 Å². The quantitative estimate of drug-likeness (QED) is 0.685. The predicted molar refractivity (Wildman–Crippen MR) is 109 cm³/mol. The molecule has 6 heteroatoms. The number of thiazole rings is 1. The molecule has 0 spiro atoms. The van der Waals surface area contributed by atoms with Gasteiger partial charge in [-0.1, -0.05) is 60.7 Å². The molecule has 0 aliphatic rings. The third-order valence-corrected chi connectivity index (χ3v) is 4.86. The Bertz CT molecular complexity index is 921. The van der Waals surface area contributed by atoms with Crippen LogP contribution in [0.25, 0.3) is 21.8 Å². The second-order valence-electron chi connectivity index (χ2n) is 6.33. The molecule has 3 rings (SSSR count). The number of rotatable bonds is 6. The number of carbonyl (C=O) groups excluding carboxylic acids is 2. The number of nitrogens with zero attached hydrogens (tertiary/aromatic N) is 1. The van der Waals surface area contributed by atoms with Crippen molar-refractivity contribution in [2.24, 2.45) is 0 Å². The highest BCUT2D eigenvalue weighted by Crippen LogP contribution is 2.33. The Hall–Kier alpha value is -2.99. The Morgan fingerprint density at radius 2 is 1.56 bits per heavy atom. The van der Waals surface area contributed by atoms with Crippen molar-refractivity contribution in [2.75, 3.05) is 6.54 Å². The molecule has 3 aromatic rings. The summed E-state index contributed by atoms with van der Waals surface area (Å²) in [5.74, 6) is -0.514. The van der Waals surface area contributed by atoms with Crippen LogP contribution in [-0.2, 0) is 4.79 Å². The molecular formula is C21H21N3O2S. The lowest BCUT2D eigenvalue weighted by Crippen LogP contribution is -2.39. The van der Waals surface area contributed by atoms with Crippen LogP contribution in [0.5, 0.6) is 0 Å². The fourth-order valence-corrected chi connectivity index (χ4v) is 3.59. The van der Waals surface area contributed by atoms with E-state index in [0.29, 0.717) is 10.6 Å². The number of carbonyl (C=O) groups is 2. The SMILES string of the molecule is CC(C)NC(=O)CNC(=O)c1sc(-c2ccccc2)nc1-c1ccccc1. The van der Waals surface area contributed by atoms with Gasteiger partial charge in [-0.25, -0.2) is 4.98 Å². The van der Waals surface area contributed by atoms with E-state index in [9.17, 15) is 9.59 Å². The molecule has 0 unspecified atom stereocenters. The first kappa shape index (κ1) is 18.8. The van der Waals surface area contributed by atoms with Crippen LogP contribution in [0, 0.1) is 0 Å². The normalized spacial score (nSPS) is 10.6. The van der Waals surface area contributed by atoms with Gasteiger partial charge in [-0.2, -0.15) is 0 Å². The van der Waals surface area contributed by atoms with E-state index in [1.54, 1.807) is 0 Å². The fourth-order valence-electron chi connectivity index (χ4n) is 2.58. The van der Waals surface area contributed by atoms with E-state index in [1.165, 1.54) is 11.3 Å². The molecule has 2 amide bonds. The fraction of sp³-hybridized carbons (Fsp3) is 0.190. The molecule has 27 heavy (non-hydrogen) atoms. The largest absolute Gasteiger partial charge is 0.352 e. The van der Waals surface area contributed by atoms with Crippen LogP contribution in [0.3, 0.4) is 0 Å². The zero-order valence-electron chi connectivity index (χ0n) is 15.2. The maximum Gasteiger partial charge on any atom is 0.264 e. The number of amides is 2. The molecule has 0 aliphatic carbocycles. The Balaban J connectivity index is 1.89. The number of hydrogen-bond donors (Lipinski definition) is 2. The lowest BCUT2D eigenvalue weighted by atomic mass is 10.1. The van der Waals surface area contributed by atoms with Gasteiger partial charge in [-0.15, -0.1) is 11.3 Å². The first-order chi connectivity index (χ1) is 13.0. The van der Waals surface area contributed by atoms with Gasteiger partial charge in [0, 0.05) is 17.2 Å². The summed E-state index contributed by atoms with van der Waals surface area (Å²) in [7, 11) is 0. The monoisotopic (exact) mass is 379 g/mol. The molecule has 2 N–H and O–H groups in total. The highest BCUT2D eigenvalue weighted by atomic mass is 32.1. The minimum atomic E-state index is -0.299. The van der Waals surface area contributed by atoms with Crippen molar-refractivity contribution in [1.29, 1.82) is 0 Å². The minimum absolute atomic E-state index is 0.0300. The summed E-state index contributed by atoms with van der Waals surface area (Å²) < 4.78 is 0. The summed E-state index contributed by atoms with van der Waals surface area (Å²) in [5, 5.41) is 6.23. The molecule has 1 heterocycles. The molecule has 138 valence electrons. The Morgan fingerprint density at radius 3 is 2.15 bits per heavy atom. The first-order valence-electron chi connectivity index (χ1n) is 8.74. The average molecular weight is 379 g/mol. The van der Waals surface area contributed by atoms with Gasteiger partial charge in [0.15, 0.2) is 0 Å². The number of nitrogens with one attached hydrogen (secondary N) is 2. The van der Waals surface area contributed by atoms with Gasteiger partial charge in [0.25, 0.3) is 5.91 Å². The van der Waals surface area contributed by atoms with Gasteiger partial charge in [0.05, 0.1) is 12.2 Å². The Labute approximate surface area is 162 Å². The zero-order valence-corrected chi connectivity index (χ0v) is 16.0. The maximum absolute atomic E-state index is 12.8. The predicted octanol–water partition coefficient (Wildman–Crippen LogP) is 3.73. The van der Waals surface area contributed by atoms with Gasteiger partial charge < -0.3 is 10.6 Å². The molecule has 0 fully saturated rings. The smallest absolute Gasteiger partial charge is 0.264 e. The summed E-state index contributed by atoms with van der Waals surface area (Å²) in [6.07, 6.45) is 0. The van der Waals surface area contributed by atoms with Crippen molar-refractivity contribution in [1.82, 2.24) is 15.6 Å². The zero-order chi connectivity index (χ0) is 19.2. The molecule has 0 saturated heterocycles. The molecule has 0 aliphatic heterocycles. The van der Waals surface area contributed by atoms with E-state index < -0.39 is 0 Å². The van der Waals surface area contributed by atoms with E-state index in [2.05, 4.69) is 10.6 Å². The molecule has 5 nitrogen and oxygen atoms in total. The minimum Gasteiger partial charge on any atom is -0.352 e. The number of hydrogen-bond acceptors (Lipinski definition) is 4. The number of aromatic nitrogens is 1. The summed E-state index contributed by atoms with van der Waals surface area (Å²) in [4.78, 5) is 29.8. The van der Waals surface area contributed by atoms with Crippen molar-refractivity contribution < 1.29 is 9.59 Å². The van der Waals surface area contributed by atoms with Crippen LogP contribution in [0.4, 0.5) is 0 Å². The summed E-state index contributed by atoms with van der Waals surface area (Å²) in [5.41, 5.74) is 2.45. The van der Waals surface area contributed by atoms with Crippen LogP contribution >= 0.6 is 11.3 Å². The lowest BCUT2D eigenvalue weighted by molar-refractivity contribution is -0.120. The van der Waals surface area contributed by atoms with Crippen molar-refractivity contribution in [3.63, 3.8) is 0 Å². The standard InChI is InChI=1S/C21H21N3O2S/c1-14(2)23-17(25)13-22-20(26)19-18(15-9-5-3-6-10-15)24-21(27-19)16-11-7-4-8-12-16/h3-12,14H,13H2,1-2H3,(H,22,26)(H,23,25). The van der Waals surface area contributed by atoms with Crippen LogP contribution < -0.4 is 10.6 Å². The summed E-state index contributed by atoms with van der Waals surface area (Å²) >= 11 is 1.33. The van der Waals surface area contributed by atoms with E-state index >= 15 is 0 Å². The molecular weight excluding hydrogens is 358 g/mol. The van der Waals surface area contributed by atoms with Gasteiger partial charge in [0.2, 0.25) is 5.91 Å². The van der Waals surface area contributed by atoms with Crippen molar-refractivity contribution in [3.8, 4) is 21.8 Å². The summed E-state index contributed by atoms with van der Waals surface area (Å²) in [6, 6.07) is 19.4. The highest BCUT2D eigenvalue weighted by molar-refractivity contribution is 7.17. The molecule has 0 saturated carbocycles. The van der Waals surface area contributed by atoms with Crippen LogP contribution in [0.1, 0.15) is 23.5 Å². The molecule has 0 radical (unpaired) electrons. The van der Waals surface area contributed by atoms with Gasteiger partial charge in [-0.3, -0.25) is 9.59 Å². The van der Waals surface area contributed by atoms with E-state index in [4.69, 9.17) is 4.98 Å². The average Bonchev–Trinajstić information content (AvgIpc) is 3.12. The summed E-state index contributed by atoms with van der Waals surface area (Å²) in [6.45, 7) is 3.69. The van der Waals surface area contributed by atoms with E-state index in [-0.39, 0.29) is 24.4 Å². The van der Waals surface area contributed by atoms with Crippen molar-refractivity contribution in [2.45, 2.75) is 19.9 Å². The van der Waals surface area contributed by atoms with Gasteiger partial charge in [-0.05, 0) is 13.8 Å². The lowest BCUT2D eigenvalue weighted by Gasteiger charge is -2.09. The van der Waals surface area contributed by atoms with Gasteiger partial charge >= 0.3 is 0 Å². The molecule has 2 aromatic carbocycles. The van der Waals surface area contributed by atoms with Crippen molar-refractivity contribution in [3.05, 3.63) is 65.5 Å². The Kier molecular flexibility index (Phi) is 5.98. The van der Waals surface area contributed by atoms with Crippen LogP contribution in [0.15, 0.2) is 60.7 Å². The van der Waals surface area contributed by atoms with E-state index in [1.807, 2.05) is 74.5 Å². The number of benzene rings is 2. The Morgan fingerprint density at radius 1 is 0.963 bits per heavy atom. The molecule has 0 bridgehead atoms. The van der Waals surface area contributed by atoms with Crippen LogP contribution in [0.2, 0.25) is 0 Å². The van der Waals surface area contributed by atoms with Crippen LogP contribution in [-0.4, -0.2) is 29.4 Å². The van der Waals surface area contributed by atoms with Gasteiger partial charge in [0.1, 0.15) is 9.88 Å². The molecule has 1 aromatic heterocycles. The third-order valence-electron chi connectivity index (χ3n) is 3.76. The van der Waals surface area contributed by atoms with E-state index in [0.717, 1.165) is 16.1 Å². The maximum atomic E-state index is 12.8. The highest BCUT2D eigenvalue weighted by Gasteiger charge is 2.20. The first-order valence-corrected chi connectivity index (χ1v) is 9.55. The second kappa shape index (κ2) is 8.60. The topological polar surface area (TPSA) is 71.1 Å². The third kappa shape index (κ3) is 4.80. The molecule has 0 atom stereocenters. The second-order valence-corrected chi connectivity index (χ2v) is 7.33.